The molecule has 1 atom stereocenters. The molecule has 0 aliphatic carbocycles. The summed E-state index contributed by atoms with van der Waals surface area (Å²) < 4.78 is 10.3. The number of ether oxygens (including phenoxy) is 2. The van der Waals surface area contributed by atoms with Crippen molar-refractivity contribution in [3.05, 3.63) is 11.1 Å². The standard InChI is InChI=1S/C14H24N2O3S/c1-7-19-12(17)14(3,4)11-9-20-13(15-11)16(5)10(2)8-18-6/h9-10H,7-8H2,1-6H3. The molecule has 0 aromatic carbocycles. The van der Waals surface area contributed by atoms with Crippen molar-refractivity contribution in [1.82, 2.24) is 4.98 Å². The molecule has 0 bridgehead atoms. The summed E-state index contributed by atoms with van der Waals surface area (Å²) in [4.78, 5) is 18.6. The van der Waals surface area contributed by atoms with Gasteiger partial charge in [-0.3, -0.25) is 4.79 Å². The number of esters is 1. The van der Waals surface area contributed by atoms with Crippen LogP contribution in [0.4, 0.5) is 5.13 Å². The third kappa shape index (κ3) is 3.70. The molecule has 1 unspecified atom stereocenters. The van der Waals surface area contributed by atoms with Crippen LogP contribution in [-0.2, 0) is 19.7 Å². The number of hydrogen-bond donors (Lipinski definition) is 0. The van der Waals surface area contributed by atoms with Gasteiger partial charge in [0.1, 0.15) is 5.41 Å². The van der Waals surface area contributed by atoms with Crippen LogP contribution in [0, 0.1) is 0 Å². The van der Waals surface area contributed by atoms with E-state index in [1.807, 2.05) is 26.3 Å². The summed E-state index contributed by atoms with van der Waals surface area (Å²) in [6.07, 6.45) is 0. The molecule has 0 saturated heterocycles. The largest absolute Gasteiger partial charge is 0.465 e. The molecular weight excluding hydrogens is 276 g/mol. The average molecular weight is 300 g/mol. The number of rotatable bonds is 7. The van der Waals surface area contributed by atoms with Gasteiger partial charge in [-0.25, -0.2) is 4.98 Å². The smallest absolute Gasteiger partial charge is 0.317 e. The summed E-state index contributed by atoms with van der Waals surface area (Å²) in [5.74, 6) is -0.246. The lowest BCUT2D eigenvalue weighted by Gasteiger charge is -2.24. The molecule has 1 heterocycles. The van der Waals surface area contributed by atoms with Gasteiger partial charge in [0.2, 0.25) is 0 Å². The Hall–Kier alpha value is -1.14. The van der Waals surface area contributed by atoms with Crippen molar-refractivity contribution in [2.45, 2.75) is 39.2 Å². The van der Waals surface area contributed by atoms with Crippen molar-refractivity contribution in [3.8, 4) is 0 Å². The molecule has 0 saturated carbocycles. The van der Waals surface area contributed by atoms with Crippen LogP contribution in [0.15, 0.2) is 5.38 Å². The fourth-order valence-corrected chi connectivity index (χ4v) is 2.73. The molecule has 0 N–H and O–H groups in total. The summed E-state index contributed by atoms with van der Waals surface area (Å²) in [5, 5.41) is 2.80. The Morgan fingerprint density at radius 2 is 2.20 bits per heavy atom. The second-order valence-electron chi connectivity index (χ2n) is 5.28. The minimum absolute atomic E-state index is 0.227. The Morgan fingerprint density at radius 1 is 1.55 bits per heavy atom. The molecule has 20 heavy (non-hydrogen) atoms. The maximum atomic E-state index is 12.0. The lowest BCUT2D eigenvalue weighted by Crippen LogP contribution is -2.34. The molecular formula is C14H24N2O3S. The molecule has 0 fully saturated rings. The van der Waals surface area contributed by atoms with Crippen molar-refractivity contribution < 1.29 is 14.3 Å². The Bertz CT molecular complexity index is 445. The summed E-state index contributed by atoms with van der Waals surface area (Å²) in [6, 6.07) is 0.227. The van der Waals surface area contributed by atoms with Gasteiger partial charge >= 0.3 is 5.97 Å². The van der Waals surface area contributed by atoms with Crippen LogP contribution in [0.1, 0.15) is 33.4 Å². The molecule has 1 aromatic heterocycles. The van der Waals surface area contributed by atoms with E-state index in [4.69, 9.17) is 9.47 Å². The number of carbonyl (C=O) groups is 1. The first-order valence-corrected chi connectivity index (χ1v) is 7.57. The Morgan fingerprint density at radius 3 is 2.75 bits per heavy atom. The van der Waals surface area contributed by atoms with Gasteiger partial charge in [0.25, 0.3) is 0 Å². The fourth-order valence-electron chi connectivity index (χ4n) is 1.67. The molecule has 6 heteroatoms. The van der Waals surface area contributed by atoms with Gasteiger partial charge in [-0.1, -0.05) is 0 Å². The first kappa shape index (κ1) is 16.9. The zero-order valence-corrected chi connectivity index (χ0v) is 13.9. The van der Waals surface area contributed by atoms with E-state index < -0.39 is 5.41 Å². The molecule has 1 rings (SSSR count). The van der Waals surface area contributed by atoms with Crippen LogP contribution < -0.4 is 4.90 Å². The predicted molar refractivity (Wildman–Crippen MR) is 81.5 cm³/mol. The SMILES string of the molecule is CCOC(=O)C(C)(C)c1csc(N(C)C(C)COC)n1. The van der Waals surface area contributed by atoms with E-state index in [9.17, 15) is 4.79 Å². The van der Waals surface area contributed by atoms with E-state index in [-0.39, 0.29) is 12.0 Å². The van der Waals surface area contributed by atoms with E-state index in [1.165, 1.54) is 11.3 Å². The molecule has 5 nitrogen and oxygen atoms in total. The summed E-state index contributed by atoms with van der Waals surface area (Å²) >= 11 is 1.53. The van der Waals surface area contributed by atoms with Crippen LogP contribution >= 0.6 is 11.3 Å². The van der Waals surface area contributed by atoms with Crippen LogP contribution in [0.3, 0.4) is 0 Å². The van der Waals surface area contributed by atoms with Gasteiger partial charge in [0.15, 0.2) is 5.13 Å². The number of hydrogen-bond acceptors (Lipinski definition) is 6. The van der Waals surface area contributed by atoms with Crippen LogP contribution in [0.2, 0.25) is 0 Å². The number of anilines is 1. The predicted octanol–water partition coefficient (Wildman–Crippen LogP) is 2.45. The second-order valence-corrected chi connectivity index (χ2v) is 6.11. The van der Waals surface area contributed by atoms with E-state index in [0.717, 1.165) is 10.8 Å². The molecule has 1 aromatic rings. The maximum Gasteiger partial charge on any atom is 0.317 e. The van der Waals surface area contributed by atoms with Gasteiger partial charge < -0.3 is 14.4 Å². The Labute approximate surface area is 124 Å². The molecule has 0 radical (unpaired) electrons. The number of aromatic nitrogens is 1. The highest BCUT2D eigenvalue weighted by molar-refractivity contribution is 7.13. The third-order valence-corrected chi connectivity index (χ3v) is 4.22. The molecule has 0 aliphatic rings. The van der Waals surface area contributed by atoms with Crippen molar-refractivity contribution in [3.63, 3.8) is 0 Å². The van der Waals surface area contributed by atoms with Crippen LogP contribution in [0.5, 0.6) is 0 Å². The zero-order valence-electron chi connectivity index (χ0n) is 13.1. The van der Waals surface area contributed by atoms with Gasteiger partial charge in [-0.2, -0.15) is 0 Å². The van der Waals surface area contributed by atoms with Gasteiger partial charge in [0, 0.05) is 19.5 Å². The molecule has 0 aliphatic heterocycles. The van der Waals surface area contributed by atoms with Crippen LogP contribution in [-0.4, -0.2) is 44.4 Å². The van der Waals surface area contributed by atoms with Crippen LogP contribution in [0.25, 0.3) is 0 Å². The third-order valence-electron chi connectivity index (χ3n) is 3.29. The summed E-state index contributed by atoms with van der Waals surface area (Å²) in [5.41, 5.74) is 0.0169. The van der Waals surface area contributed by atoms with E-state index in [2.05, 4.69) is 16.8 Å². The lowest BCUT2D eigenvalue weighted by molar-refractivity contribution is -0.148. The number of likely N-dealkylation sites (N-methyl/N-ethyl adjacent to an activating group) is 1. The van der Waals surface area contributed by atoms with E-state index in [0.29, 0.717) is 13.2 Å². The first-order valence-electron chi connectivity index (χ1n) is 6.69. The normalized spacial score (nSPS) is 13.1. The number of methoxy groups -OCH3 is 1. The van der Waals surface area contributed by atoms with Crippen molar-refractivity contribution >= 4 is 22.4 Å². The minimum Gasteiger partial charge on any atom is -0.465 e. The van der Waals surface area contributed by atoms with Crippen molar-refractivity contribution in [1.29, 1.82) is 0 Å². The first-order chi connectivity index (χ1) is 9.34. The van der Waals surface area contributed by atoms with E-state index in [1.54, 1.807) is 14.0 Å². The average Bonchev–Trinajstić information content (AvgIpc) is 2.88. The molecule has 0 amide bonds. The van der Waals surface area contributed by atoms with Crippen molar-refractivity contribution in [2.75, 3.05) is 32.3 Å². The highest BCUT2D eigenvalue weighted by Crippen LogP contribution is 2.30. The fraction of sp³-hybridized carbons (Fsp3) is 0.714. The lowest BCUT2D eigenvalue weighted by atomic mass is 9.90. The second kappa shape index (κ2) is 7.04. The number of thiazole rings is 1. The quantitative estimate of drug-likeness (QED) is 0.724. The monoisotopic (exact) mass is 300 g/mol. The summed E-state index contributed by atoms with van der Waals surface area (Å²) in [6.45, 7) is 8.56. The number of carbonyl (C=O) groups excluding carboxylic acids is 1. The minimum atomic E-state index is -0.726. The maximum absolute atomic E-state index is 12.0. The Kier molecular flexibility index (Phi) is 5.95. The van der Waals surface area contributed by atoms with Crippen molar-refractivity contribution in [2.24, 2.45) is 0 Å². The van der Waals surface area contributed by atoms with Gasteiger partial charge in [-0.15, -0.1) is 11.3 Å². The highest BCUT2D eigenvalue weighted by atomic mass is 32.1. The van der Waals surface area contributed by atoms with Gasteiger partial charge in [-0.05, 0) is 27.7 Å². The Balaban J connectivity index is 2.88. The van der Waals surface area contributed by atoms with Gasteiger partial charge in [0.05, 0.1) is 24.9 Å². The summed E-state index contributed by atoms with van der Waals surface area (Å²) in [7, 11) is 3.66. The zero-order chi connectivity index (χ0) is 15.3. The molecule has 114 valence electrons. The molecule has 0 spiro atoms. The van der Waals surface area contributed by atoms with E-state index >= 15 is 0 Å². The number of nitrogens with zero attached hydrogens (tertiary/aromatic N) is 2. The highest BCUT2D eigenvalue weighted by Gasteiger charge is 2.34. The topological polar surface area (TPSA) is 51.7 Å².